The van der Waals surface area contributed by atoms with E-state index in [1.165, 1.54) is 5.56 Å². The van der Waals surface area contributed by atoms with E-state index in [2.05, 4.69) is 51.9 Å². The summed E-state index contributed by atoms with van der Waals surface area (Å²) in [5.41, 5.74) is 3.52. The highest BCUT2D eigenvalue weighted by atomic mass is 79.9. The third-order valence-electron chi connectivity index (χ3n) is 2.84. The first-order valence-electron chi connectivity index (χ1n) is 6.25. The van der Waals surface area contributed by atoms with E-state index in [1.807, 2.05) is 18.2 Å². The molecule has 20 heavy (non-hydrogen) atoms. The van der Waals surface area contributed by atoms with Gasteiger partial charge in [-0.25, -0.2) is 0 Å². The third-order valence-corrected chi connectivity index (χ3v) is 3.46. The fourth-order valence-corrected chi connectivity index (χ4v) is 2.28. The Morgan fingerprint density at radius 3 is 2.40 bits per heavy atom. The van der Waals surface area contributed by atoms with Gasteiger partial charge in [-0.05, 0) is 46.1 Å². The van der Waals surface area contributed by atoms with Crippen molar-refractivity contribution in [2.24, 2.45) is 0 Å². The minimum Gasteiger partial charge on any atom is -0.489 e. The van der Waals surface area contributed by atoms with Crippen LogP contribution in [0.5, 0.6) is 5.75 Å². The fraction of sp³-hybridized carbons (Fsp3) is 0.188. The topological polar surface area (TPSA) is 35.5 Å². The van der Waals surface area contributed by atoms with Crippen molar-refractivity contribution in [1.82, 2.24) is 0 Å². The first kappa shape index (κ1) is 14.6. The zero-order valence-corrected chi connectivity index (χ0v) is 12.7. The van der Waals surface area contributed by atoms with Crippen molar-refractivity contribution in [1.29, 1.82) is 0 Å². The number of aryl methyl sites for hydroxylation is 1. The van der Waals surface area contributed by atoms with Crippen molar-refractivity contribution in [3.63, 3.8) is 0 Å². The molecule has 0 fully saturated rings. The summed E-state index contributed by atoms with van der Waals surface area (Å²) in [7, 11) is 0. The lowest BCUT2D eigenvalue weighted by Crippen LogP contribution is -2.05. The number of halogens is 1. The van der Waals surface area contributed by atoms with Gasteiger partial charge < -0.3 is 9.47 Å². The number of hydrogen-bond donors (Lipinski definition) is 0. The Bertz CT molecular complexity index is 579. The molecule has 0 atom stereocenters. The highest BCUT2D eigenvalue weighted by Crippen LogP contribution is 2.30. The van der Waals surface area contributed by atoms with Crippen molar-refractivity contribution in [3.8, 4) is 16.9 Å². The molecule has 0 N–H and O–H groups in total. The molecule has 2 aromatic carbocycles. The SMILES string of the molecule is Cc1ccc(-c2ccc(OCCOC=O)c(Br)c2)cc1. The van der Waals surface area contributed by atoms with Crippen LogP contribution >= 0.6 is 15.9 Å². The van der Waals surface area contributed by atoms with Crippen molar-refractivity contribution < 1.29 is 14.3 Å². The van der Waals surface area contributed by atoms with Gasteiger partial charge in [0.25, 0.3) is 6.47 Å². The van der Waals surface area contributed by atoms with Crippen LogP contribution in [0.25, 0.3) is 11.1 Å². The standard InChI is InChI=1S/C16H15BrO3/c1-12-2-4-13(5-3-12)14-6-7-16(15(17)10-14)20-9-8-19-11-18/h2-7,10-11H,8-9H2,1H3. The summed E-state index contributed by atoms with van der Waals surface area (Å²) in [4.78, 5) is 10.0. The molecule has 3 nitrogen and oxygen atoms in total. The van der Waals surface area contributed by atoms with Crippen molar-refractivity contribution >= 4 is 22.4 Å². The van der Waals surface area contributed by atoms with Crippen LogP contribution in [0.4, 0.5) is 0 Å². The summed E-state index contributed by atoms with van der Waals surface area (Å²) in [5.74, 6) is 0.732. The Balaban J connectivity index is 2.09. The number of rotatable bonds is 6. The van der Waals surface area contributed by atoms with E-state index in [0.29, 0.717) is 13.1 Å². The lowest BCUT2D eigenvalue weighted by molar-refractivity contribution is -0.129. The first-order chi connectivity index (χ1) is 9.70. The van der Waals surface area contributed by atoms with Gasteiger partial charge in [0.1, 0.15) is 19.0 Å². The monoisotopic (exact) mass is 334 g/mol. The maximum Gasteiger partial charge on any atom is 0.293 e. The Kier molecular flexibility index (Phi) is 5.18. The lowest BCUT2D eigenvalue weighted by atomic mass is 10.0. The quantitative estimate of drug-likeness (QED) is 0.592. The van der Waals surface area contributed by atoms with Gasteiger partial charge in [-0.2, -0.15) is 0 Å². The van der Waals surface area contributed by atoms with E-state index in [1.54, 1.807) is 0 Å². The third kappa shape index (κ3) is 3.84. The van der Waals surface area contributed by atoms with Gasteiger partial charge in [-0.3, -0.25) is 4.79 Å². The maximum atomic E-state index is 10.0. The second kappa shape index (κ2) is 7.10. The Labute approximate surface area is 126 Å². The number of hydrogen-bond acceptors (Lipinski definition) is 3. The summed E-state index contributed by atoms with van der Waals surface area (Å²) in [6.07, 6.45) is 0. The minimum atomic E-state index is 0.246. The van der Waals surface area contributed by atoms with Crippen LogP contribution in [0, 0.1) is 6.92 Å². The average molecular weight is 335 g/mol. The number of carbonyl (C=O) groups is 1. The number of benzene rings is 2. The predicted molar refractivity (Wildman–Crippen MR) is 81.8 cm³/mol. The summed E-state index contributed by atoms with van der Waals surface area (Å²) in [6, 6.07) is 14.3. The molecule has 0 saturated carbocycles. The molecule has 2 rings (SSSR count). The number of ether oxygens (including phenoxy) is 2. The van der Waals surface area contributed by atoms with E-state index >= 15 is 0 Å². The molecule has 0 heterocycles. The van der Waals surface area contributed by atoms with Crippen molar-refractivity contribution in [2.45, 2.75) is 6.92 Å². The Morgan fingerprint density at radius 2 is 1.75 bits per heavy atom. The van der Waals surface area contributed by atoms with Crippen molar-refractivity contribution in [3.05, 3.63) is 52.5 Å². The molecule has 0 unspecified atom stereocenters. The fourth-order valence-electron chi connectivity index (χ4n) is 1.79. The van der Waals surface area contributed by atoms with E-state index in [9.17, 15) is 4.79 Å². The molecule has 0 spiro atoms. The number of carbonyl (C=O) groups excluding carboxylic acids is 1. The molecule has 0 saturated heterocycles. The highest BCUT2D eigenvalue weighted by Gasteiger charge is 2.04. The first-order valence-corrected chi connectivity index (χ1v) is 7.04. The molecular formula is C16H15BrO3. The molecule has 0 radical (unpaired) electrons. The summed E-state index contributed by atoms with van der Waals surface area (Å²) >= 11 is 3.49. The summed E-state index contributed by atoms with van der Waals surface area (Å²) in [5, 5.41) is 0. The summed E-state index contributed by atoms with van der Waals surface area (Å²) < 4.78 is 11.0. The predicted octanol–water partition coefficient (Wildman–Crippen LogP) is 3.98. The molecule has 104 valence electrons. The van der Waals surface area contributed by atoms with E-state index in [0.717, 1.165) is 21.3 Å². The largest absolute Gasteiger partial charge is 0.489 e. The Morgan fingerprint density at radius 1 is 1.05 bits per heavy atom. The normalized spacial score (nSPS) is 10.1. The molecular weight excluding hydrogens is 320 g/mol. The van der Waals surface area contributed by atoms with Crippen molar-refractivity contribution in [2.75, 3.05) is 13.2 Å². The highest BCUT2D eigenvalue weighted by molar-refractivity contribution is 9.10. The van der Waals surface area contributed by atoms with E-state index in [-0.39, 0.29) is 6.61 Å². The van der Waals surface area contributed by atoms with Crippen LogP contribution in [0.3, 0.4) is 0 Å². The van der Waals surface area contributed by atoms with Crippen LogP contribution in [0.15, 0.2) is 46.9 Å². The van der Waals surface area contributed by atoms with Gasteiger partial charge in [0.05, 0.1) is 4.47 Å². The smallest absolute Gasteiger partial charge is 0.293 e. The van der Waals surface area contributed by atoms with Crippen LogP contribution in [-0.2, 0) is 9.53 Å². The zero-order chi connectivity index (χ0) is 14.4. The van der Waals surface area contributed by atoms with Gasteiger partial charge in [-0.1, -0.05) is 35.9 Å². The molecule has 4 heteroatoms. The zero-order valence-electron chi connectivity index (χ0n) is 11.1. The van der Waals surface area contributed by atoms with Crippen LogP contribution in [0.2, 0.25) is 0 Å². The Hall–Kier alpha value is -1.81. The van der Waals surface area contributed by atoms with Crippen LogP contribution in [0.1, 0.15) is 5.56 Å². The van der Waals surface area contributed by atoms with Gasteiger partial charge >= 0.3 is 0 Å². The maximum absolute atomic E-state index is 10.0. The minimum absolute atomic E-state index is 0.246. The molecule has 0 aliphatic rings. The molecule has 2 aromatic rings. The van der Waals surface area contributed by atoms with E-state index < -0.39 is 0 Å². The molecule has 0 amide bonds. The molecule has 0 aliphatic heterocycles. The molecule has 0 aromatic heterocycles. The average Bonchev–Trinajstić information content (AvgIpc) is 2.46. The van der Waals surface area contributed by atoms with Gasteiger partial charge in [0.2, 0.25) is 0 Å². The van der Waals surface area contributed by atoms with Gasteiger partial charge in [0, 0.05) is 0 Å². The second-order valence-corrected chi connectivity index (χ2v) is 5.18. The second-order valence-electron chi connectivity index (χ2n) is 4.33. The lowest BCUT2D eigenvalue weighted by Gasteiger charge is -2.09. The van der Waals surface area contributed by atoms with Crippen LogP contribution in [-0.4, -0.2) is 19.7 Å². The van der Waals surface area contributed by atoms with E-state index in [4.69, 9.17) is 4.74 Å². The van der Waals surface area contributed by atoms with Crippen LogP contribution < -0.4 is 4.74 Å². The molecule has 0 aliphatic carbocycles. The van der Waals surface area contributed by atoms with Gasteiger partial charge in [-0.15, -0.1) is 0 Å². The molecule has 0 bridgehead atoms. The summed E-state index contributed by atoms with van der Waals surface area (Å²) in [6.45, 7) is 3.06. The van der Waals surface area contributed by atoms with Gasteiger partial charge in [0.15, 0.2) is 0 Å².